The van der Waals surface area contributed by atoms with Gasteiger partial charge in [-0.3, -0.25) is 10.2 Å². The van der Waals surface area contributed by atoms with E-state index in [4.69, 9.17) is 10.1 Å². The third kappa shape index (κ3) is 2.95. The van der Waals surface area contributed by atoms with E-state index in [2.05, 4.69) is 4.98 Å². The predicted molar refractivity (Wildman–Crippen MR) is 108 cm³/mol. The zero-order valence-electron chi connectivity index (χ0n) is 14.1. The van der Waals surface area contributed by atoms with Crippen molar-refractivity contribution in [3.63, 3.8) is 0 Å². The molecule has 0 bridgehead atoms. The first-order chi connectivity index (χ1) is 12.7. The molecule has 0 spiro atoms. The van der Waals surface area contributed by atoms with Gasteiger partial charge in [0.2, 0.25) is 0 Å². The molecule has 1 atom stereocenters. The Labute approximate surface area is 159 Å². The standard InChI is InChI=1S/C20H16N2O2S2/c1-2-24-15-8-7-12(13-5-3-4-6-14(13)15)11-16-18(23)17(19(21)26-16)20-22-9-10-25-20/h3-11,17,21H,2H2,1H3/b16-11-,21-19?/t17-/m0/s1. The number of carbonyl (C=O) groups excluding carboxylic acids is 1. The lowest BCUT2D eigenvalue weighted by atomic mass is 10.0. The van der Waals surface area contributed by atoms with Crippen LogP contribution in [0.1, 0.15) is 23.4 Å². The average Bonchev–Trinajstić information content (AvgIpc) is 3.25. The number of hydrogen-bond acceptors (Lipinski definition) is 6. The van der Waals surface area contributed by atoms with Crippen molar-refractivity contribution in [1.82, 2.24) is 4.98 Å². The Bertz CT molecular complexity index is 1030. The maximum Gasteiger partial charge on any atom is 0.186 e. The number of ketones is 1. The summed E-state index contributed by atoms with van der Waals surface area (Å²) >= 11 is 2.64. The first-order valence-corrected chi connectivity index (χ1v) is 9.94. The Balaban J connectivity index is 1.76. The van der Waals surface area contributed by atoms with Gasteiger partial charge in [0.15, 0.2) is 5.78 Å². The van der Waals surface area contributed by atoms with E-state index in [1.165, 1.54) is 23.1 Å². The number of ether oxygens (including phenoxy) is 1. The smallest absolute Gasteiger partial charge is 0.186 e. The number of aromatic nitrogens is 1. The van der Waals surface area contributed by atoms with Gasteiger partial charge < -0.3 is 4.74 Å². The highest BCUT2D eigenvalue weighted by molar-refractivity contribution is 8.19. The van der Waals surface area contributed by atoms with Crippen molar-refractivity contribution in [2.24, 2.45) is 0 Å². The molecular weight excluding hydrogens is 364 g/mol. The highest BCUT2D eigenvalue weighted by atomic mass is 32.2. The molecule has 1 aliphatic heterocycles. The van der Waals surface area contributed by atoms with Gasteiger partial charge in [-0.05, 0) is 30.0 Å². The minimum Gasteiger partial charge on any atom is -0.493 e. The molecule has 0 radical (unpaired) electrons. The Morgan fingerprint density at radius 2 is 2.04 bits per heavy atom. The Hall–Kier alpha value is -2.44. The van der Waals surface area contributed by atoms with Crippen LogP contribution >= 0.6 is 23.1 Å². The molecule has 2 heterocycles. The maximum atomic E-state index is 12.8. The molecule has 0 saturated carbocycles. The van der Waals surface area contributed by atoms with Crippen LogP contribution in [0.3, 0.4) is 0 Å². The van der Waals surface area contributed by atoms with Crippen LogP contribution in [-0.4, -0.2) is 22.4 Å². The molecule has 3 aromatic rings. The molecule has 2 aromatic carbocycles. The molecule has 4 rings (SSSR count). The molecule has 0 aliphatic carbocycles. The molecule has 1 fully saturated rings. The van der Waals surface area contributed by atoms with Crippen LogP contribution in [-0.2, 0) is 4.79 Å². The summed E-state index contributed by atoms with van der Waals surface area (Å²) in [5.41, 5.74) is 0.951. The number of nitrogens with zero attached hydrogens (tertiary/aromatic N) is 1. The number of benzene rings is 2. The lowest BCUT2D eigenvalue weighted by Crippen LogP contribution is -2.11. The summed E-state index contributed by atoms with van der Waals surface area (Å²) in [6, 6.07) is 11.9. The van der Waals surface area contributed by atoms with E-state index in [0.29, 0.717) is 21.6 Å². The molecule has 1 saturated heterocycles. The van der Waals surface area contributed by atoms with Gasteiger partial charge in [-0.25, -0.2) is 4.98 Å². The van der Waals surface area contributed by atoms with Gasteiger partial charge in [0.1, 0.15) is 16.7 Å². The molecule has 1 aliphatic rings. The molecule has 0 amide bonds. The van der Waals surface area contributed by atoms with Crippen molar-refractivity contribution in [3.8, 4) is 5.75 Å². The fraction of sp³-hybridized carbons (Fsp3) is 0.150. The van der Waals surface area contributed by atoms with E-state index >= 15 is 0 Å². The number of fused-ring (bicyclic) bond motifs is 1. The van der Waals surface area contributed by atoms with E-state index < -0.39 is 5.92 Å². The van der Waals surface area contributed by atoms with Gasteiger partial charge in [-0.15, -0.1) is 11.3 Å². The predicted octanol–water partition coefficient (Wildman–Crippen LogP) is 5.11. The zero-order valence-corrected chi connectivity index (χ0v) is 15.7. The number of hydrogen-bond donors (Lipinski definition) is 1. The Morgan fingerprint density at radius 3 is 2.77 bits per heavy atom. The van der Waals surface area contributed by atoms with Crippen molar-refractivity contribution < 1.29 is 9.53 Å². The molecule has 6 heteroatoms. The van der Waals surface area contributed by atoms with E-state index in [-0.39, 0.29) is 5.78 Å². The number of thioether (sulfide) groups is 1. The maximum absolute atomic E-state index is 12.8. The molecule has 26 heavy (non-hydrogen) atoms. The Morgan fingerprint density at radius 1 is 1.23 bits per heavy atom. The van der Waals surface area contributed by atoms with Crippen molar-refractivity contribution in [2.75, 3.05) is 6.61 Å². The van der Waals surface area contributed by atoms with Crippen LogP contribution in [0.25, 0.3) is 16.8 Å². The second-order valence-electron chi connectivity index (χ2n) is 5.77. The summed E-state index contributed by atoms with van der Waals surface area (Å²) in [5.74, 6) is 0.234. The Kier molecular flexibility index (Phi) is 4.61. The monoisotopic (exact) mass is 380 g/mol. The summed E-state index contributed by atoms with van der Waals surface area (Å²) in [6.45, 7) is 2.56. The first kappa shape index (κ1) is 17.0. The average molecular weight is 380 g/mol. The SMILES string of the molecule is CCOc1ccc(/C=C2\SC(=N)[C@@H](c3nccs3)C2=O)c2ccccc12. The minimum absolute atomic E-state index is 0.0482. The molecule has 4 nitrogen and oxygen atoms in total. The zero-order chi connectivity index (χ0) is 18.1. The number of rotatable bonds is 4. The molecule has 130 valence electrons. The third-order valence-electron chi connectivity index (χ3n) is 4.19. The van der Waals surface area contributed by atoms with Gasteiger partial charge in [0.05, 0.1) is 16.6 Å². The summed E-state index contributed by atoms with van der Waals surface area (Å²) in [5, 5.41) is 13.1. The minimum atomic E-state index is -0.555. The highest BCUT2D eigenvalue weighted by Crippen LogP contribution is 2.42. The second kappa shape index (κ2) is 7.05. The van der Waals surface area contributed by atoms with E-state index in [0.717, 1.165) is 22.1 Å². The normalized spacial score (nSPS) is 18.8. The van der Waals surface area contributed by atoms with Crippen LogP contribution in [0.15, 0.2) is 52.9 Å². The van der Waals surface area contributed by atoms with Crippen molar-refractivity contribution in [3.05, 3.63) is 63.5 Å². The lowest BCUT2D eigenvalue weighted by molar-refractivity contribution is -0.114. The lowest BCUT2D eigenvalue weighted by Gasteiger charge is -2.10. The fourth-order valence-electron chi connectivity index (χ4n) is 3.03. The van der Waals surface area contributed by atoms with Crippen molar-refractivity contribution in [1.29, 1.82) is 5.41 Å². The van der Waals surface area contributed by atoms with Crippen LogP contribution < -0.4 is 4.74 Å². The van der Waals surface area contributed by atoms with Crippen molar-refractivity contribution >= 4 is 50.8 Å². The molecular formula is C20H16N2O2S2. The number of nitrogens with one attached hydrogen (secondary N) is 1. The topological polar surface area (TPSA) is 63.0 Å². The summed E-state index contributed by atoms with van der Waals surface area (Å²) in [6.07, 6.45) is 3.56. The highest BCUT2D eigenvalue weighted by Gasteiger charge is 2.38. The third-order valence-corrected chi connectivity index (χ3v) is 6.02. The van der Waals surface area contributed by atoms with Gasteiger partial charge >= 0.3 is 0 Å². The summed E-state index contributed by atoms with van der Waals surface area (Å²) in [4.78, 5) is 17.6. The van der Waals surface area contributed by atoms with Crippen LogP contribution in [0.5, 0.6) is 5.75 Å². The first-order valence-electron chi connectivity index (χ1n) is 8.25. The van der Waals surface area contributed by atoms with Gasteiger partial charge in [-0.1, -0.05) is 42.1 Å². The number of Topliss-reactive ketones (excluding diaryl/α,β-unsaturated/α-hetero) is 1. The van der Waals surface area contributed by atoms with Crippen LogP contribution in [0.4, 0.5) is 0 Å². The van der Waals surface area contributed by atoms with Crippen molar-refractivity contribution in [2.45, 2.75) is 12.8 Å². The number of carbonyl (C=O) groups is 1. The number of thiazole rings is 1. The largest absolute Gasteiger partial charge is 0.493 e. The van der Waals surface area contributed by atoms with Gasteiger partial charge in [0.25, 0.3) is 0 Å². The second-order valence-corrected chi connectivity index (χ2v) is 7.78. The molecule has 1 aromatic heterocycles. The van der Waals surface area contributed by atoms with Gasteiger partial charge in [-0.2, -0.15) is 0 Å². The van der Waals surface area contributed by atoms with Crippen LogP contribution in [0.2, 0.25) is 0 Å². The van der Waals surface area contributed by atoms with E-state index in [1.807, 2.05) is 54.8 Å². The fourth-order valence-corrected chi connectivity index (χ4v) is 4.83. The quantitative estimate of drug-likeness (QED) is 0.639. The number of allylic oxidation sites excluding steroid dienone is 1. The van der Waals surface area contributed by atoms with Gasteiger partial charge in [0, 0.05) is 17.0 Å². The van der Waals surface area contributed by atoms with E-state index in [1.54, 1.807) is 6.20 Å². The summed E-state index contributed by atoms with van der Waals surface area (Å²) in [7, 11) is 0. The van der Waals surface area contributed by atoms with Crippen LogP contribution in [0, 0.1) is 5.41 Å². The molecule has 0 unspecified atom stereocenters. The van der Waals surface area contributed by atoms with E-state index in [9.17, 15) is 4.79 Å². The molecule has 1 N–H and O–H groups in total. The summed E-state index contributed by atoms with van der Waals surface area (Å²) < 4.78 is 5.71.